The summed E-state index contributed by atoms with van der Waals surface area (Å²) in [6, 6.07) is 15.1. The van der Waals surface area contributed by atoms with Crippen LogP contribution in [0.25, 0.3) is 5.69 Å². The van der Waals surface area contributed by atoms with E-state index in [0.717, 1.165) is 29.4 Å². The number of para-hydroxylation sites is 1. The van der Waals surface area contributed by atoms with Gasteiger partial charge in [0.1, 0.15) is 18.2 Å². The van der Waals surface area contributed by atoms with E-state index in [4.69, 9.17) is 19.6 Å². The molecule has 2 heterocycles. The quantitative estimate of drug-likeness (QED) is 0.158. The zero-order chi connectivity index (χ0) is 34.0. The van der Waals surface area contributed by atoms with Crippen LogP contribution >= 0.6 is 11.8 Å². The summed E-state index contributed by atoms with van der Waals surface area (Å²) in [6.45, 7) is 1.11. The molecule has 0 radical (unpaired) electrons. The van der Waals surface area contributed by atoms with Crippen LogP contribution in [0.2, 0.25) is 0 Å². The SMILES string of the molecule is O=C(CNCC(=O)N1CCc2nc(SC3CCC3)n(-c3ccccc3)c(=O)c2C1)NCCOc1ccc(F)cc1.O=C(O)C(F)(F)F. The largest absolute Gasteiger partial charge is 0.492 e. The van der Waals surface area contributed by atoms with Gasteiger partial charge < -0.3 is 20.1 Å². The lowest BCUT2D eigenvalue weighted by Crippen LogP contribution is -2.46. The summed E-state index contributed by atoms with van der Waals surface area (Å²) < 4.78 is 51.8. The van der Waals surface area contributed by atoms with Crippen molar-refractivity contribution in [2.45, 2.75) is 48.8 Å². The van der Waals surface area contributed by atoms with Gasteiger partial charge in [0, 0.05) is 18.2 Å². The molecule has 1 fully saturated rings. The molecule has 5 rings (SSSR count). The van der Waals surface area contributed by atoms with Crippen molar-refractivity contribution in [3.05, 3.63) is 82.0 Å². The topological polar surface area (TPSA) is 143 Å². The zero-order valence-corrected chi connectivity index (χ0v) is 25.9. The number of aliphatic carboxylic acids is 1. The molecule has 11 nitrogen and oxygen atoms in total. The van der Waals surface area contributed by atoms with Crippen LogP contribution in [0.4, 0.5) is 17.6 Å². The van der Waals surface area contributed by atoms with E-state index in [1.165, 1.54) is 30.7 Å². The summed E-state index contributed by atoms with van der Waals surface area (Å²) in [6.07, 6.45) is -1.11. The van der Waals surface area contributed by atoms with Gasteiger partial charge in [-0.15, -0.1) is 0 Å². The molecule has 0 unspecified atom stereocenters. The third kappa shape index (κ3) is 10.3. The third-order valence-electron chi connectivity index (χ3n) is 7.20. The number of aromatic nitrogens is 2. The Hall–Kier alpha value is -4.44. The Labute approximate surface area is 271 Å². The molecular formula is C31H33F4N5O6S. The lowest BCUT2D eigenvalue weighted by atomic mass is 10.0. The molecule has 252 valence electrons. The highest BCUT2D eigenvalue weighted by Gasteiger charge is 2.38. The van der Waals surface area contributed by atoms with E-state index in [0.29, 0.717) is 29.5 Å². The van der Waals surface area contributed by atoms with E-state index in [-0.39, 0.29) is 56.0 Å². The first-order valence-electron chi connectivity index (χ1n) is 14.7. The van der Waals surface area contributed by atoms with Crippen LogP contribution in [0.15, 0.2) is 64.5 Å². The molecule has 3 N–H and O–H groups in total. The summed E-state index contributed by atoms with van der Waals surface area (Å²) in [5, 5.41) is 13.9. The molecule has 0 spiro atoms. The Morgan fingerprint density at radius 3 is 2.34 bits per heavy atom. The van der Waals surface area contributed by atoms with Gasteiger partial charge in [-0.3, -0.25) is 24.3 Å². The number of carboxylic acids is 1. The second-order valence-corrected chi connectivity index (χ2v) is 11.9. The van der Waals surface area contributed by atoms with Gasteiger partial charge in [0.2, 0.25) is 11.8 Å². The Kier molecular flexibility index (Phi) is 12.4. The maximum Gasteiger partial charge on any atom is 0.490 e. The lowest BCUT2D eigenvalue weighted by Gasteiger charge is -2.30. The average molecular weight is 680 g/mol. The van der Waals surface area contributed by atoms with Crippen LogP contribution in [0.3, 0.4) is 0 Å². The van der Waals surface area contributed by atoms with Crippen molar-refractivity contribution >= 4 is 29.5 Å². The highest BCUT2D eigenvalue weighted by molar-refractivity contribution is 7.99. The molecule has 1 aliphatic carbocycles. The first kappa shape index (κ1) is 35.4. The molecule has 3 aromatic rings. The minimum Gasteiger partial charge on any atom is -0.492 e. The molecule has 2 aromatic carbocycles. The summed E-state index contributed by atoms with van der Waals surface area (Å²) in [4.78, 5) is 54.2. The van der Waals surface area contributed by atoms with Gasteiger partial charge in [0.15, 0.2) is 5.16 Å². The van der Waals surface area contributed by atoms with Crippen molar-refractivity contribution in [3.63, 3.8) is 0 Å². The van der Waals surface area contributed by atoms with E-state index < -0.39 is 12.1 Å². The number of rotatable bonds is 11. The highest BCUT2D eigenvalue weighted by atomic mass is 32.2. The van der Waals surface area contributed by atoms with E-state index in [1.54, 1.807) is 21.2 Å². The van der Waals surface area contributed by atoms with Gasteiger partial charge in [-0.2, -0.15) is 13.2 Å². The smallest absolute Gasteiger partial charge is 0.490 e. The van der Waals surface area contributed by atoms with Crippen molar-refractivity contribution in [2.75, 3.05) is 32.8 Å². The molecule has 0 atom stereocenters. The number of benzene rings is 2. The van der Waals surface area contributed by atoms with Crippen molar-refractivity contribution in [1.29, 1.82) is 0 Å². The van der Waals surface area contributed by atoms with Crippen LogP contribution in [-0.2, 0) is 27.3 Å². The first-order valence-corrected chi connectivity index (χ1v) is 15.6. The summed E-state index contributed by atoms with van der Waals surface area (Å²) >= 11 is 1.67. The summed E-state index contributed by atoms with van der Waals surface area (Å²) in [5.74, 6) is -3.04. The zero-order valence-electron chi connectivity index (χ0n) is 25.1. The lowest BCUT2D eigenvalue weighted by molar-refractivity contribution is -0.192. The predicted molar refractivity (Wildman–Crippen MR) is 164 cm³/mol. The number of carbonyl (C=O) groups is 3. The molecule has 0 saturated heterocycles. The maximum absolute atomic E-state index is 13.7. The van der Waals surface area contributed by atoms with E-state index in [1.807, 2.05) is 30.3 Å². The van der Waals surface area contributed by atoms with Gasteiger partial charge in [-0.1, -0.05) is 36.4 Å². The second-order valence-electron chi connectivity index (χ2n) is 10.6. The van der Waals surface area contributed by atoms with E-state index >= 15 is 0 Å². The number of fused-ring (bicyclic) bond motifs is 1. The number of alkyl halides is 3. The van der Waals surface area contributed by atoms with E-state index in [9.17, 15) is 31.9 Å². The minimum absolute atomic E-state index is 0.0231. The molecule has 1 aromatic heterocycles. The maximum atomic E-state index is 13.7. The molecular weight excluding hydrogens is 646 g/mol. The number of nitrogens with one attached hydrogen (secondary N) is 2. The van der Waals surface area contributed by atoms with Gasteiger partial charge in [-0.25, -0.2) is 14.2 Å². The van der Waals surface area contributed by atoms with Gasteiger partial charge >= 0.3 is 12.1 Å². The van der Waals surface area contributed by atoms with Crippen LogP contribution in [0.1, 0.15) is 30.5 Å². The van der Waals surface area contributed by atoms with Crippen molar-refractivity contribution in [2.24, 2.45) is 0 Å². The summed E-state index contributed by atoms with van der Waals surface area (Å²) in [7, 11) is 0. The Balaban J connectivity index is 0.000000644. The van der Waals surface area contributed by atoms with Gasteiger partial charge in [0.25, 0.3) is 5.56 Å². The molecule has 0 bridgehead atoms. The van der Waals surface area contributed by atoms with Crippen LogP contribution in [0, 0.1) is 5.82 Å². The first-order chi connectivity index (χ1) is 22.4. The second kappa shape index (κ2) is 16.4. The normalized spacial score (nSPS) is 14.3. The number of carboxylic acid groups (broad SMARTS) is 1. The standard InChI is InChI=1S/C29H32FN5O4S.C2HF3O2/c30-20-9-11-22(12-10-20)39-16-14-32-26(36)17-31-18-27(37)34-15-13-25-24(19-34)28(38)35(21-5-2-1-3-6-21)29(33-25)40-23-7-4-8-23;3-2(4,5)1(6)7/h1-3,5-6,9-12,23,31H,4,7-8,13-19H2,(H,32,36);(H,6,7). The molecule has 1 saturated carbocycles. The van der Waals surface area contributed by atoms with Crippen LogP contribution in [-0.4, -0.2) is 81.6 Å². The predicted octanol–water partition coefficient (Wildman–Crippen LogP) is 3.32. The number of amides is 2. The fraction of sp³-hybridized carbons (Fsp3) is 0.387. The van der Waals surface area contributed by atoms with Crippen molar-refractivity contribution in [1.82, 2.24) is 25.1 Å². The van der Waals surface area contributed by atoms with Gasteiger partial charge in [-0.05, 0) is 49.2 Å². The fourth-order valence-corrected chi connectivity index (χ4v) is 5.86. The average Bonchev–Trinajstić information content (AvgIpc) is 3.02. The van der Waals surface area contributed by atoms with Gasteiger partial charge in [0.05, 0.1) is 43.1 Å². The van der Waals surface area contributed by atoms with Crippen molar-refractivity contribution < 1.29 is 41.8 Å². The fourth-order valence-electron chi connectivity index (χ4n) is 4.54. The number of halogens is 4. The third-order valence-corrected chi connectivity index (χ3v) is 8.49. The highest BCUT2D eigenvalue weighted by Crippen LogP contribution is 2.36. The molecule has 47 heavy (non-hydrogen) atoms. The number of hydrogen-bond acceptors (Lipinski definition) is 8. The Morgan fingerprint density at radius 1 is 1.04 bits per heavy atom. The monoisotopic (exact) mass is 679 g/mol. The van der Waals surface area contributed by atoms with Crippen molar-refractivity contribution in [3.8, 4) is 11.4 Å². The molecule has 2 amide bonds. The van der Waals surface area contributed by atoms with Crippen LogP contribution < -0.4 is 20.9 Å². The molecule has 16 heteroatoms. The molecule has 1 aliphatic heterocycles. The molecule has 2 aliphatic rings. The Morgan fingerprint density at radius 2 is 1.72 bits per heavy atom. The number of thioether (sulfide) groups is 1. The number of carbonyl (C=O) groups excluding carboxylic acids is 2. The number of hydrogen-bond donors (Lipinski definition) is 3. The Bertz CT molecular complexity index is 1600. The van der Waals surface area contributed by atoms with E-state index in [2.05, 4.69) is 10.6 Å². The summed E-state index contributed by atoms with van der Waals surface area (Å²) in [5.41, 5.74) is 1.94. The number of ether oxygens (including phenoxy) is 1. The van der Waals surface area contributed by atoms with Crippen LogP contribution in [0.5, 0.6) is 5.75 Å². The number of nitrogens with zero attached hydrogens (tertiary/aromatic N) is 3. The minimum atomic E-state index is -5.08.